The summed E-state index contributed by atoms with van der Waals surface area (Å²) in [4.78, 5) is 8.10. The molecule has 3 nitrogen and oxygen atoms in total. The van der Waals surface area contributed by atoms with Gasteiger partial charge in [-0.3, -0.25) is 0 Å². The molecule has 1 N–H and O–H groups in total. The first kappa shape index (κ1) is 12.6. The lowest BCUT2D eigenvalue weighted by atomic mass is 10.2. The SMILES string of the molecule is CN(Cc1cccs1)c1ccc(CNC2CC2)cn1. The van der Waals surface area contributed by atoms with Gasteiger partial charge < -0.3 is 10.2 Å². The summed E-state index contributed by atoms with van der Waals surface area (Å²) in [5.74, 6) is 1.03. The van der Waals surface area contributed by atoms with Gasteiger partial charge in [-0.25, -0.2) is 4.98 Å². The van der Waals surface area contributed by atoms with Crippen LogP contribution in [0.2, 0.25) is 0 Å². The number of aromatic nitrogens is 1. The van der Waals surface area contributed by atoms with Crippen LogP contribution in [0.4, 0.5) is 5.82 Å². The maximum absolute atomic E-state index is 4.55. The molecule has 1 saturated carbocycles. The van der Waals surface area contributed by atoms with Crippen LogP contribution in [0.15, 0.2) is 35.8 Å². The van der Waals surface area contributed by atoms with Crippen LogP contribution in [0.1, 0.15) is 23.3 Å². The molecular weight excluding hydrogens is 254 g/mol. The van der Waals surface area contributed by atoms with Crippen molar-refractivity contribution in [3.8, 4) is 0 Å². The molecule has 4 heteroatoms. The van der Waals surface area contributed by atoms with Crippen LogP contribution >= 0.6 is 11.3 Å². The van der Waals surface area contributed by atoms with Gasteiger partial charge in [-0.2, -0.15) is 0 Å². The van der Waals surface area contributed by atoms with Crippen molar-refractivity contribution < 1.29 is 0 Å². The molecule has 1 aliphatic rings. The lowest BCUT2D eigenvalue weighted by Crippen LogP contribution is -2.18. The highest BCUT2D eigenvalue weighted by Crippen LogP contribution is 2.20. The summed E-state index contributed by atoms with van der Waals surface area (Å²) < 4.78 is 0. The zero-order chi connectivity index (χ0) is 13.1. The Kier molecular flexibility index (Phi) is 3.80. The van der Waals surface area contributed by atoms with Crippen molar-refractivity contribution in [2.24, 2.45) is 0 Å². The fraction of sp³-hybridized carbons (Fsp3) is 0.400. The first-order valence-electron chi connectivity index (χ1n) is 6.73. The molecule has 0 saturated heterocycles. The Bertz CT molecular complexity index is 503. The summed E-state index contributed by atoms with van der Waals surface area (Å²) >= 11 is 1.79. The molecular formula is C15H19N3S. The lowest BCUT2D eigenvalue weighted by molar-refractivity contribution is 0.685. The van der Waals surface area contributed by atoms with E-state index in [1.165, 1.54) is 23.3 Å². The minimum Gasteiger partial charge on any atom is -0.355 e. The number of thiophene rings is 1. The van der Waals surface area contributed by atoms with E-state index in [4.69, 9.17) is 0 Å². The first-order valence-corrected chi connectivity index (χ1v) is 7.61. The third-order valence-corrected chi connectivity index (χ3v) is 4.21. The van der Waals surface area contributed by atoms with Crippen molar-refractivity contribution in [1.82, 2.24) is 10.3 Å². The predicted molar refractivity (Wildman–Crippen MR) is 80.5 cm³/mol. The minimum atomic E-state index is 0.751. The topological polar surface area (TPSA) is 28.2 Å². The molecule has 0 unspecified atom stereocenters. The van der Waals surface area contributed by atoms with Gasteiger partial charge >= 0.3 is 0 Å². The Balaban J connectivity index is 1.57. The van der Waals surface area contributed by atoms with Crippen molar-refractivity contribution in [2.75, 3.05) is 11.9 Å². The number of nitrogens with zero attached hydrogens (tertiary/aromatic N) is 2. The smallest absolute Gasteiger partial charge is 0.128 e. The lowest BCUT2D eigenvalue weighted by Gasteiger charge is -2.17. The molecule has 0 radical (unpaired) electrons. The Morgan fingerprint density at radius 2 is 2.26 bits per heavy atom. The van der Waals surface area contributed by atoms with E-state index in [1.54, 1.807) is 11.3 Å². The molecule has 2 aromatic heterocycles. The quantitative estimate of drug-likeness (QED) is 0.877. The van der Waals surface area contributed by atoms with E-state index in [2.05, 4.69) is 51.9 Å². The fourth-order valence-electron chi connectivity index (χ4n) is 2.01. The van der Waals surface area contributed by atoms with Crippen molar-refractivity contribution >= 4 is 17.2 Å². The number of pyridine rings is 1. The molecule has 100 valence electrons. The van der Waals surface area contributed by atoms with Crippen LogP contribution in [0.3, 0.4) is 0 Å². The number of nitrogens with one attached hydrogen (secondary N) is 1. The second-order valence-corrected chi connectivity index (χ2v) is 6.15. The van der Waals surface area contributed by atoms with E-state index in [-0.39, 0.29) is 0 Å². The van der Waals surface area contributed by atoms with Crippen LogP contribution in [0.25, 0.3) is 0 Å². The molecule has 0 aliphatic heterocycles. The Morgan fingerprint density at radius 1 is 1.37 bits per heavy atom. The van der Waals surface area contributed by atoms with Crippen LogP contribution in [0, 0.1) is 0 Å². The van der Waals surface area contributed by atoms with E-state index in [0.29, 0.717) is 0 Å². The highest BCUT2D eigenvalue weighted by atomic mass is 32.1. The summed E-state index contributed by atoms with van der Waals surface area (Å²) in [7, 11) is 2.09. The average molecular weight is 273 g/mol. The van der Waals surface area contributed by atoms with Gasteiger partial charge in [-0.1, -0.05) is 12.1 Å². The second kappa shape index (κ2) is 5.72. The molecule has 0 atom stereocenters. The van der Waals surface area contributed by atoms with Gasteiger partial charge in [-0.05, 0) is 35.9 Å². The van der Waals surface area contributed by atoms with Crippen molar-refractivity contribution in [3.05, 3.63) is 46.3 Å². The van der Waals surface area contributed by atoms with Crippen molar-refractivity contribution in [2.45, 2.75) is 32.0 Å². The van der Waals surface area contributed by atoms with E-state index >= 15 is 0 Å². The highest BCUT2D eigenvalue weighted by Gasteiger charge is 2.19. The van der Waals surface area contributed by atoms with Crippen molar-refractivity contribution in [3.63, 3.8) is 0 Å². The molecule has 0 aromatic carbocycles. The molecule has 1 fully saturated rings. The Morgan fingerprint density at radius 3 is 2.89 bits per heavy atom. The molecule has 3 rings (SSSR count). The molecule has 19 heavy (non-hydrogen) atoms. The maximum Gasteiger partial charge on any atom is 0.128 e. The Labute approximate surface area is 118 Å². The standard InChI is InChI=1S/C15H19N3S/c1-18(11-14-3-2-8-19-14)15-7-4-12(10-17-15)9-16-13-5-6-13/h2-4,7-8,10,13,16H,5-6,9,11H2,1H3. The minimum absolute atomic E-state index is 0.751. The maximum atomic E-state index is 4.55. The zero-order valence-corrected chi connectivity index (χ0v) is 12.0. The molecule has 2 aromatic rings. The van der Waals surface area contributed by atoms with E-state index in [0.717, 1.165) is 24.9 Å². The van der Waals surface area contributed by atoms with Gasteiger partial charge in [0.25, 0.3) is 0 Å². The molecule has 0 amide bonds. The predicted octanol–water partition coefficient (Wildman–Crippen LogP) is 3.03. The van der Waals surface area contributed by atoms with Crippen molar-refractivity contribution in [1.29, 1.82) is 0 Å². The van der Waals surface area contributed by atoms with Crippen LogP contribution < -0.4 is 10.2 Å². The van der Waals surface area contributed by atoms with Crippen LogP contribution in [-0.2, 0) is 13.1 Å². The van der Waals surface area contributed by atoms with Gasteiger partial charge in [0, 0.05) is 30.7 Å². The summed E-state index contributed by atoms with van der Waals surface area (Å²) in [6, 6.07) is 9.28. The summed E-state index contributed by atoms with van der Waals surface area (Å²) in [6.45, 7) is 1.86. The van der Waals surface area contributed by atoms with Gasteiger partial charge in [-0.15, -0.1) is 11.3 Å². The molecule has 1 aliphatic carbocycles. The van der Waals surface area contributed by atoms with Crippen LogP contribution in [-0.4, -0.2) is 18.1 Å². The Hall–Kier alpha value is -1.39. The summed E-state index contributed by atoms with van der Waals surface area (Å²) in [5, 5.41) is 5.62. The molecule has 0 bridgehead atoms. The average Bonchev–Trinajstić information content (AvgIpc) is 3.13. The number of hydrogen-bond acceptors (Lipinski definition) is 4. The molecule has 0 spiro atoms. The van der Waals surface area contributed by atoms with Gasteiger partial charge in [0.05, 0.1) is 6.54 Å². The fourth-order valence-corrected chi connectivity index (χ4v) is 2.77. The second-order valence-electron chi connectivity index (χ2n) is 5.12. The number of rotatable bonds is 6. The van der Waals surface area contributed by atoms with Gasteiger partial charge in [0.2, 0.25) is 0 Å². The number of anilines is 1. The first-order chi connectivity index (χ1) is 9.31. The summed E-state index contributed by atoms with van der Waals surface area (Å²) in [6.07, 6.45) is 4.64. The molecule has 2 heterocycles. The van der Waals surface area contributed by atoms with E-state index in [9.17, 15) is 0 Å². The summed E-state index contributed by atoms with van der Waals surface area (Å²) in [5.41, 5.74) is 1.26. The van der Waals surface area contributed by atoms with E-state index in [1.807, 2.05) is 6.20 Å². The third kappa shape index (κ3) is 3.55. The number of hydrogen-bond donors (Lipinski definition) is 1. The van der Waals surface area contributed by atoms with E-state index < -0.39 is 0 Å². The van der Waals surface area contributed by atoms with Gasteiger partial charge in [0.15, 0.2) is 0 Å². The monoisotopic (exact) mass is 273 g/mol. The van der Waals surface area contributed by atoms with Gasteiger partial charge in [0.1, 0.15) is 5.82 Å². The third-order valence-electron chi connectivity index (χ3n) is 3.35. The zero-order valence-electron chi connectivity index (χ0n) is 11.2. The largest absolute Gasteiger partial charge is 0.355 e. The normalized spacial score (nSPS) is 14.6. The van der Waals surface area contributed by atoms with Crippen LogP contribution in [0.5, 0.6) is 0 Å². The highest BCUT2D eigenvalue weighted by molar-refractivity contribution is 7.09.